The molecule has 3 nitrogen and oxygen atoms in total. The minimum Gasteiger partial charge on any atom is -0.375 e. The molecule has 0 amide bonds. The fourth-order valence-electron chi connectivity index (χ4n) is 2.59. The van der Waals surface area contributed by atoms with E-state index in [-0.39, 0.29) is 0 Å². The van der Waals surface area contributed by atoms with Crippen LogP contribution >= 0.6 is 0 Å². The number of carbonyl (C=O) groups is 1. The van der Waals surface area contributed by atoms with Crippen LogP contribution in [-0.2, 0) is 9.53 Å². The highest BCUT2D eigenvalue weighted by atomic mass is 16.5. The Bertz CT molecular complexity index is 173. The van der Waals surface area contributed by atoms with Crippen LogP contribution in [0.4, 0.5) is 0 Å². The van der Waals surface area contributed by atoms with E-state index in [1.165, 1.54) is 58.0 Å². The summed E-state index contributed by atoms with van der Waals surface area (Å²) in [7, 11) is 2.21. The molecule has 16 heavy (non-hydrogen) atoms. The van der Waals surface area contributed by atoms with Crippen molar-refractivity contribution >= 4 is 6.79 Å². The monoisotopic (exact) mass is 227 g/mol. The summed E-state index contributed by atoms with van der Waals surface area (Å²) in [6.07, 6.45) is 10.5. The Balaban J connectivity index is 0.000000606. The lowest BCUT2D eigenvalue weighted by atomic mass is 9.97. The quantitative estimate of drug-likeness (QED) is 0.724. The molecule has 1 saturated heterocycles. The molecule has 0 N–H and O–H groups in total. The van der Waals surface area contributed by atoms with E-state index in [4.69, 9.17) is 9.53 Å². The van der Waals surface area contributed by atoms with Crippen molar-refractivity contribution in [1.29, 1.82) is 0 Å². The van der Waals surface area contributed by atoms with E-state index < -0.39 is 0 Å². The molecule has 0 spiro atoms. The summed E-state index contributed by atoms with van der Waals surface area (Å²) in [5.41, 5.74) is 0. The van der Waals surface area contributed by atoms with E-state index in [2.05, 4.69) is 11.9 Å². The maximum absolute atomic E-state index is 8.00. The lowest BCUT2D eigenvalue weighted by Gasteiger charge is -2.33. The third kappa shape index (κ3) is 4.62. The zero-order valence-electron chi connectivity index (χ0n) is 10.5. The minimum atomic E-state index is 0.564. The Labute approximate surface area is 99.1 Å². The number of likely N-dealkylation sites (tertiary alicyclic amines) is 1. The first-order valence-electron chi connectivity index (χ1n) is 6.47. The van der Waals surface area contributed by atoms with Crippen LogP contribution in [0.15, 0.2) is 0 Å². The van der Waals surface area contributed by atoms with Gasteiger partial charge in [-0.25, -0.2) is 0 Å². The van der Waals surface area contributed by atoms with Crippen molar-refractivity contribution < 1.29 is 9.53 Å². The van der Waals surface area contributed by atoms with Crippen LogP contribution in [-0.4, -0.2) is 44.0 Å². The van der Waals surface area contributed by atoms with E-state index in [0.29, 0.717) is 12.2 Å². The van der Waals surface area contributed by atoms with Gasteiger partial charge in [-0.2, -0.15) is 0 Å². The first-order valence-corrected chi connectivity index (χ1v) is 6.47. The normalized spacial score (nSPS) is 24.8. The predicted molar refractivity (Wildman–Crippen MR) is 65.6 cm³/mol. The van der Waals surface area contributed by atoms with E-state index >= 15 is 0 Å². The molecular weight excluding hydrogens is 202 g/mol. The lowest BCUT2D eigenvalue weighted by Crippen LogP contribution is -2.36. The Hall–Kier alpha value is -0.410. The minimum absolute atomic E-state index is 0.564. The summed E-state index contributed by atoms with van der Waals surface area (Å²) in [5.74, 6) is 0. The van der Waals surface area contributed by atoms with Gasteiger partial charge in [0.1, 0.15) is 6.79 Å². The molecule has 0 bridgehead atoms. The Morgan fingerprint density at radius 1 is 0.938 bits per heavy atom. The van der Waals surface area contributed by atoms with Gasteiger partial charge in [-0.05, 0) is 32.7 Å². The summed E-state index contributed by atoms with van der Waals surface area (Å²) >= 11 is 0. The van der Waals surface area contributed by atoms with Gasteiger partial charge in [-0.15, -0.1) is 0 Å². The average Bonchev–Trinajstić information content (AvgIpc) is 2.36. The Morgan fingerprint density at radius 2 is 1.44 bits per heavy atom. The molecule has 1 aliphatic carbocycles. The van der Waals surface area contributed by atoms with Gasteiger partial charge in [0, 0.05) is 13.1 Å². The second-order valence-electron chi connectivity index (χ2n) is 4.90. The van der Waals surface area contributed by atoms with Gasteiger partial charge in [0.15, 0.2) is 0 Å². The van der Waals surface area contributed by atoms with Crippen LogP contribution in [0.25, 0.3) is 0 Å². The molecule has 1 saturated carbocycles. The number of piperidine rings is 1. The zero-order valence-corrected chi connectivity index (χ0v) is 10.5. The van der Waals surface area contributed by atoms with Crippen molar-refractivity contribution in [3.05, 3.63) is 0 Å². The Kier molecular flexibility index (Phi) is 6.65. The molecule has 2 aliphatic rings. The summed E-state index contributed by atoms with van der Waals surface area (Å²) in [5, 5.41) is 0. The van der Waals surface area contributed by atoms with E-state index in [9.17, 15) is 0 Å². The maximum atomic E-state index is 8.00. The molecule has 0 unspecified atom stereocenters. The highest BCUT2D eigenvalue weighted by molar-refractivity contribution is 5.10. The molecule has 0 atom stereocenters. The van der Waals surface area contributed by atoms with Crippen LogP contribution < -0.4 is 0 Å². The zero-order chi connectivity index (χ0) is 11.8. The van der Waals surface area contributed by atoms with Crippen molar-refractivity contribution in [2.45, 2.75) is 57.2 Å². The van der Waals surface area contributed by atoms with Gasteiger partial charge >= 0.3 is 0 Å². The molecule has 94 valence electrons. The molecule has 0 radical (unpaired) electrons. The molecule has 1 heterocycles. The van der Waals surface area contributed by atoms with Gasteiger partial charge in [-0.1, -0.05) is 19.3 Å². The van der Waals surface area contributed by atoms with Crippen molar-refractivity contribution in [1.82, 2.24) is 4.90 Å². The standard InChI is InChI=1S/C12H23NO.CH2O/c1-13-9-7-12(8-10-13)14-11-5-3-2-4-6-11;1-2/h11-12H,2-10H2,1H3;1H2. The molecule has 0 aromatic heterocycles. The summed E-state index contributed by atoms with van der Waals surface area (Å²) in [4.78, 5) is 10.4. The molecule has 0 aromatic carbocycles. The van der Waals surface area contributed by atoms with Crippen LogP contribution in [0.2, 0.25) is 0 Å². The van der Waals surface area contributed by atoms with Crippen LogP contribution in [0.5, 0.6) is 0 Å². The first-order chi connectivity index (χ1) is 7.84. The van der Waals surface area contributed by atoms with Gasteiger partial charge in [-0.3, -0.25) is 0 Å². The number of hydrogen-bond acceptors (Lipinski definition) is 3. The summed E-state index contributed by atoms with van der Waals surface area (Å²) in [6, 6.07) is 0. The summed E-state index contributed by atoms with van der Waals surface area (Å²) < 4.78 is 6.15. The number of carbonyl (C=O) groups excluding carboxylic acids is 1. The number of nitrogens with zero attached hydrogens (tertiary/aromatic N) is 1. The van der Waals surface area contributed by atoms with Gasteiger partial charge in [0.05, 0.1) is 12.2 Å². The molecule has 2 rings (SSSR count). The van der Waals surface area contributed by atoms with Crippen molar-refractivity contribution in [2.75, 3.05) is 20.1 Å². The van der Waals surface area contributed by atoms with E-state index in [0.717, 1.165) is 0 Å². The SMILES string of the molecule is C=O.CN1CCC(OC2CCCCC2)CC1. The fraction of sp³-hybridized carbons (Fsp3) is 0.923. The van der Waals surface area contributed by atoms with E-state index in [1.54, 1.807) is 0 Å². The van der Waals surface area contributed by atoms with E-state index in [1.807, 2.05) is 6.79 Å². The third-order valence-corrected chi connectivity index (χ3v) is 3.60. The smallest absolute Gasteiger partial charge is 0.106 e. The Morgan fingerprint density at radius 3 is 2.00 bits per heavy atom. The third-order valence-electron chi connectivity index (χ3n) is 3.60. The predicted octanol–water partition coefficient (Wildman–Crippen LogP) is 2.25. The van der Waals surface area contributed by atoms with Crippen molar-refractivity contribution in [3.63, 3.8) is 0 Å². The van der Waals surface area contributed by atoms with Crippen molar-refractivity contribution in [3.8, 4) is 0 Å². The first kappa shape index (κ1) is 13.7. The molecule has 3 heteroatoms. The highest BCUT2D eigenvalue weighted by Gasteiger charge is 2.22. The summed E-state index contributed by atoms with van der Waals surface area (Å²) in [6.45, 7) is 4.44. The fourth-order valence-corrected chi connectivity index (χ4v) is 2.59. The van der Waals surface area contributed by atoms with Crippen LogP contribution in [0, 0.1) is 0 Å². The number of hydrogen-bond donors (Lipinski definition) is 0. The average molecular weight is 227 g/mol. The molecule has 0 aromatic rings. The van der Waals surface area contributed by atoms with Crippen LogP contribution in [0.3, 0.4) is 0 Å². The maximum Gasteiger partial charge on any atom is 0.106 e. The van der Waals surface area contributed by atoms with Crippen molar-refractivity contribution in [2.24, 2.45) is 0 Å². The number of rotatable bonds is 2. The molecule has 2 fully saturated rings. The van der Waals surface area contributed by atoms with Gasteiger partial charge < -0.3 is 14.4 Å². The lowest BCUT2D eigenvalue weighted by molar-refractivity contribution is -0.0979. The topological polar surface area (TPSA) is 29.5 Å². The second-order valence-corrected chi connectivity index (χ2v) is 4.90. The largest absolute Gasteiger partial charge is 0.375 e. The van der Waals surface area contributed by atoms with Gasteiger partial charge in [0.25, 0.3) is 0 Å². The van der Waals surface area contributed by atoms with Crippen LogP contribution in [0.1, 0.15) is 44.9 Å². The van der Waals surface area contributed by atoms with Gasteiger partial charge in [0.2, 0.25) is 0 Å². The molecule has 1 aliphatic heterocycles. The second kappa shape index (κ2) is 7.80. The number of ether oxygens (including phenoxy) is 1. The molecular formula is C13H25NO2. The highest BCUT2D eigenvalue weighted by Crippen LogP contribution is 2.24.